The molecular formula is C25H28N2O4S. The van der Waals surface area contributed by atoms with E-state index < -0.39 is 10.0 Å². The smallest absolute Gasteiger partial charge is 0.264 e. The molecule has 0 heterocycles. The molecule has 3 aromatic rings. The number of hydrogen-bond acceptors (Lipinski definition) is 4. The maximum absolute atomic E-state index is 13.3. The Morgan fingerprint density at radius 2 is 1.69 bits per heavy atom. The van der Waals surface area contributed by atoms with Gasteiger partial charge in [-0.1, -0.05) is 48.0 Å². The molecule has 1 N–H and O–H groups in total. The first-order valence-corrected chi connectivity index (χ1v) is 11.9. The molecule has 3 aromatic carbocycles. The van der Waals surface area contributed by atoms with Gasteiger partial charge < -0.3 is 10.1 Å². The fourth-order valence-corrected chi connectivity index (χ4v) is 4.72. The Balaban J connectivity index is 1.66. The molecule has 0 saturated heterocycles. The summed E-state index contributed by atoms with van der Waals surface area (Å²) in [6.45, 7) is 2.08. The van der Waals surface area contributed by atoms with E-state index in [0.717, 1.165) is 34.0 Å². The summed E-state index contributed by atoms with van der Waals surface area (Å²) < 4.78 is 32.9. The van der Waals surface area contributed by atoms with Gasteiger partial charge in [-0.3, -0.25) is 9.10 Å². The molecule has 168 valence electrons. The maximum atomic E-state index is 13.3. The summed E-state index contributed by atoms with van der Waals surface area (Å²) in [5, 5.41) is 2.84. The van der Waals surface area contributed by atoms with Crippen molar-refractivity contribution in [2.45, 2.75) is 24.7 Å². The van der Waals surface area contributed by atoms with Crippen LogP contribution < -0.4 is 14.4 Å². The van der Waals surface area contributed by atoms with E-state index in [0.29, 0.717) is 12.2 Å². The number of rotatable bonds is 10. The van der Waals surface area contributed by atoms with Crippen LogP contribution in [-0.4, -0.2) is 34.5 Å². The lowest BCUT2D eigenvalue weighted by Crippen LogP contribution is -2.41. The minimum atomic E-state index is -3.88. The average molecular weight is 453 g/mol. The highest BCUT2D eigenvalue weighted by atomic mass is 32.2. The summed E-state index contributed by atoms with van der Waals surface area (Å²) in [5.74, 6) is 0.446. The van der Waals surface area contributed by atoms with Crippen LogP contribution in [-0.2, 0) is 21.2 Å². The molecule has 32 heavy (non-hydrogen) atoms. The van der Waals surface area contributed by atoms with Crippen molar-refractivity contribution in [3.05, 3.63) is 90.0 Å². The van der Waals surface area contributed by atoms with Crippen molar-refractivity contribution in [1.29, 1.82) is 0 Å². The normalized spacial score (nSPS) is 11.1. The van der Waals surface area contributed by atoms with Crippen molar-refractivity contribution in [1.82, 2.24) is 5.32 Å². The number of anilines is 1. The molecule has 0 radical (unpaired) electrons. The number of hydrogen-bond donors (Lipinski definition) is 1. The molecule has 0 aliphatic carbocycles. The van der Waals surface area contributed by atoms with E-state index in [1.165, 1.54) is 12.1 Å². The second-order valence-electron chi connectivity index (χ2n) is 7.47. The first-order chi connectivity index (χ1) is 15.4. The molecule has 0 unspecified atom stereocenters. The second-order valence-corrected chi connectivity index (χ2v) is 9.33. The molecule has 7 heteroatoms. The van der Waals surface area contributed by atoms with Crippen LogP contribution in [0.2, 0.25) is 0 Å². The molecule has 1 amide bonds. The predicted molar refractivity (Wildman–Crippen MR) is 126 cm³/mol. The Bertz CT molecular complexity index is 1130. The number of sulfonamides is 1. The number of nitrogens with zero attached hydrogens (tertiary/aromatic N) is 1. The summed E-state index contributed by atoms with van der Waals surface area (Å²) in [6, 6.07) is 23.0. The molecule has 0 aliphatic heterocycles. The Hall–Kier alpha value is -3.32. The molecule has 0 spiro atoms. The Kier molecular flexibility index (Phi) is 7.89. The van der Waals surface area contributed by atoms with E-state index in [1.807, 2.05) is 43.3 Å². The van der Waals surface area contributed by atoms with Crippen molar-refractivity contribution < 1.29 is 17.9 Å². The molecule has 0 aromatic heterocycles. The van der Waals surface area contributed by atoms with Gasteiger partial charge in [0.15, 0.2) is 0 Å². The van der Waals surface area contributed by atoms with Crippen molar-refractivity contribution in [2.24, 2.45) is 0 Å². The van der Waals surface area contributed by atoms with Crippen molar-refractivity contribution in [2.75, 3.05) is 24.5 Å². The van der Waals surface area contributed by atoms with Crippen LogP contribution >= 0.6 is 0 Å². The number of methoxy groups -OCH3 is 1. The van der Waals surface area contributed by atoms with E-state index in [1.54, 1.807) is 37.4 Å². The van der Waals surface area contributed by atoms with Crippen LogP contribution in [0.3, 0.4) is 0 Å². The van der Waals surface area contributed by atoms with Crippen LogP contribution in [0.5, 0.6) is 5.75 Å². The van der Waals surface area contributed by atoms with E-state index in [2.05, 4.69) is 5.32 Å². The highest BCUT2D eigenvalue weighted by Gasteiger charge is 2.26. The molecule has 0 aliphatic rings. The van der Waals surface area contributed by atoms with E-state index in [-0.39, 0.29) is 17.3 Å². The number of benzene rings is 3. The summed E-state index contributed by atoms with van der Waals surface area (Å²) in [5.41, 5.74) is 2.57. The number of nitrogens with one attached hydrogen (secondary N) is 1. The topological polar surface area (TPSA) is 75.7 Å². The highest BCUT2D eigenvalue weighted by Crippen LogP contribution is 2.23. The van der Waals surface area contributed by atoms with Gasteiger partial charge in [-0.25, -0.2) is 8.42 Å². The summed E-state index contributed by atoms with van der Waals surface area (Å²) in [7, 11) is -2.26. The van der Waals surface area contributed by atoms with E-state index >= 15 is 0 Å². The van der Waals surface area contributed by atoms with Crippen LogP contribution in [0, 0.1) is 6.92 Å². The van der Waals surface area contributed by atoms with Gasteiger partial charge in [0.25, 0.3) is 10.0 Å². The molecule has 6 nitrogen and oxygen atoms in total. The third-order valence-corrected chi connectivity index (χ3v) is 6.83. The van der Waals surface area contributed by atoms with E-state index in [9.17, 15) is 13.2 Å². The fourth-order valence-electron chi connectivity index (χ4n) is 3.28. The number of aryl methyl sites for hydroxylation is 2. The van der Waals surface area contributed by atoms with Crippen molar-refractivity contribution in [3.63, 3.8) is 0 Å². The number of carbonyl (C=O) groups is 1. The molecule has 0 fully saturated rings. The summed E-state index contributed by atoms with van der Waals surface area (Å²) in [6.07, 6.45) is 1.51. The number of amides is 1. The van der Waals surface area contributed by atoms with Crippen molar-refractivity contribution in [3.8, 4) is 5.75 Å². The van der Waals surface area contributed by atoms with Gasteiger partial charge in [-0.2, -0.15) is 0 Å². The number of carbonyl (C=O) groups excluding carboxylic acids is 1. The number of ether oxygens (including phenoxy) is 1. The minimum Gasteiger partial charge on any atom is -0.497 e. The molecule has 3 rings (SSSR count). The second kappa shape index (κ2) is 10.8. The van der Waals surface area contributed by atoms with Crippen LogP contribution in [0.4, 0.5) is 5.69 Å². The maximum Gasteiger partial charge on any atom is 0.264 e. The zero-order valence-corrected chi connectivity index (χ0v) is 19.1. The third kappa shape index (κ3) is 6.11. The summed E-state index contributed by atoms with van der Waals surface area (Å²) in [4.78, 5) is 12.8. The average Bonchev–Trinajstić information content (AvgIpc) is 2.81. The van der Waals surface area contributed by atoms with Crippen LogP contribution in [0.15, 0.2) is 83.8 Å². The molecular weight excluding hydrogens is 424 g/mol. The molecule has 0 bridgehead atoms. The first-order valence-electron chi connectivity index (χ1n) is 10.4. The Labute approximate surface area is 189 Å². The SMILES string of the molecule is COc1cccc(CCCNC(=O)CN(c2ccc(C)cc2)S(=O)(=O)c2ccccc2)c1. The lowest BCUT2D eigenvalue weighted by molar-refractivity contribution is -0.119. The van der Waals surface area contributed by atoms with Gasteiger partial charge in [0.1, 0.15) is 12.3 Å². The van der Waals surface area contributed by atoms with Gasteiger partial charge in [0.2, 0.25) is 5.91 Å². The quantitative estimate of drug-likeness (QED) is 0.473. The highest BCUT2D eigenvalue weighted by molar-refractivity contribution is 7.92. The lowest BCUT2D eigenvalue weighted by Gasteiger charge is -2.24. The van der Waals surface area contributed by atoms with Gasteiger partial charge in [0, 0.05) is 6.54 Å². The minimum absolute atomic E-state index is 0.145. The monoisotopic (exact) mass is 452 g/mol. The van der Waals surface area contributed by atoms with Crippen LogP contribution in [0.25, 0.3) is 0 Å². The van der Waals surface area contributed by atoms with Gasteiger partial charge in [-0.15, -0.1) is 0 Å². The van der Waals surface area contributed by atoms with Gasteiger partial charge in [0.05, 0.1) is 17.7 Å². The summed E-state index contributed by atoms with van der Waals surface area (Å²) >= 11 is 0. The van der Waals surface area contributed by atoms with Gasteiger partial charge >= 0.3 is 0 Å². The molecule has 0 saturated carbocycles. The Morgan fingerprint density at radius 1 is 0.969 bits per heavy atom. The van der Waals surface area contributed by atoms with Crippen LogP contribution in [0.1, 0.15) is 17.5 Å². The first kappa shape index (κ1) is 23.3. The predicted octanol–water partition coefficient (Wildman–Crippen LogP) is 3.95. The van der Waals surface area contributed by atoms with Gasteiger partial charge in [-0.05, 0) is 61.7 Å². The lowest BCUT2D eigenvalue weighted by atomic mass is 10.1. The zero-order valence-electron chi connectivity index (χ0n) is 18.3. The Morgan fingerprint density at radius 3 is 2.38 bits per heavy atom. The van der Waals surface area contributed by atoms with E-state index in [4.69, 9.17) is 4.74 Å². The fraction of sp³-hybridized carbons (Fsp3) is 0.240. The largest absolute Gasteiger partial charge is 0.497 e. The molecule has 0 atom stereocenters. The standard InChI is InChI=1S/C25H28N2O4S/c1-20-13-15-22(16-14-20)27(32(29,30)24-11-4-3-5-12-24)19-25(28)26-17-7-9-21-8-6-10-23(18-21)31-2/h3-6,8,10-16,18H,7,9,17,19H2,1-2H3,(H,26,28). The van der Waals surface area contributed by atoms with Crippen molar-refractivity contribution >= 4 is 21.6 Å². The zero-order chi connectivity index (χ0) is 23.0. The third-order valence-electron chi connectivity index (χ3n) is 5.04.